The number of quaternary nitrogens is 2. The maximum Gasteiger partial charge on any atom is 0.229 e. The summed E-state index contributed by atoms with van der Waals surface area (Å²) in [5.41, 5.74) is 8.36. The molecule has 2 aliphatic carbocycles. The molecule has 2 amide bonds. The minimum Gasteiger partial charge on any atom is -0.545 e. The van der Waals surface area contributed by atoms with Crippen LogP contribution in [0.2, 0.25) is 0 Å². The van der Waals surface area contributed by atoms with Gasteiger partial charge < -0.3 is 101 Å². The average Bonchev–Trinajstić information content (AvgIpc) is 2.45. The molecule has 4 aromatic rings. The van der Waals surface area contributed by atoms with Crippen LogP contribution >= 0.6 is 0 Å². The van der Waals surface area contributed by atoms with Gasteiger partial charge in [-0.3, -0.25) is 9.59 Å². The second-order valence-corrected chi connectivity index (χ2v) is 22.6. The number of aromatic carboxylic acids is 2. The van der Waals surface area contributed by atoms with E-state index in [0.29, 0.717) is 73.3 Å². The number of carboxylic acid groups (broad SMARTS) is 2. The number of carbonyl (C=O) groups excluding carboxylic acids is 4. The van der Waals surface area contributed by atoms with Crippen molar-refractivity contribution in [2.75, 3.05) is 77.6 Å². The molecule has 2 spiro atoms. The molecule has 12 aliphatic rings. The van der Waals surface area contributed by atoms with Crippen molar-refractivity contribution in [1.82, 2.24) is 0 Å². The molecule has 8 fully saturated rings. The molecule has 14 atom stereocenters. The fourth-order valence-electron chi connectivity index (χ4n) is 17.3. The van der Waals surface area contributed by atoms with E-state index in [4.69, 9.17) is 28.4 Å². The first-order valence-corrected chi connectivity index (χ1v) is 27.0. The van der Waals surface area contributed by atoms with Crippen LogP contribution < -0.4 is 48.8 Å². The maximum atomic E-state index is 13.5. The highest BCUT2D eigenvalue weighted by Crippen LogP contribution is 2.65. The zero-order valence-corrected chi connectivity index (χ0v) is 46.3. The van der Waals surface area contributed by atoms with Gasteiger partial charge in [-0.1, -0.05) is 72.8 Å². The van der Waals surface area contributed by atoms with Crippen LogP contribution in [-0.2, 0) is 29.9 Å². The highest BCUT2D eigenvalue weighted by atomic mass is 16.5. The quantitative estimate of drug-likeness (QED) is 0.178. The van der Waals surface area contributed by atoms with Crippen LogP contribution in [-0.4, -0.2) is 161 Å². The van der Waals surface area contributed by atoms with E-state index in [-0.39, 0.29) is 90.9 Å². The van der Waals surface area contributed by atoms with Crippen molar-refractivity contribution >= 4 is 35.1 Å². The largest absolute Gasteiger partial charge is 0.545 e. The number of amides is 2. The third-order valence-corrected chi connectivity index (χ3v) is 20.0. The fourth-order valence-corrected chi connectivity index (χ4v) is 17.3. The topological polar surface area (TPSA) is 374 Å². The summed E-state index contributed by atoms with van der Waals surface area (Å²) in [5, 5.41) is 20.2. The number of carboxylic acids is 2. The normalized spacial score (nSPS) is 32.3. The van der Waals surface area contributed by atoms with Gasteiger partial charge in [0.1, 0.15) is 12.1 Å². The Bertz CT molecular complexity index is 2900. The molecule has 6 saturated heterocycles. The lowest BCUT2D eigenvalue weighted by atomic mass is 9.53. The molecular weight excluding hydrogens is 1060 g/mol. The summed E-state index contributed by atoms with van der Waals surface area (Å²) in [5.74, 6) is 3.01. The summed E-state index contributed by atoms with van der Waals surface area (Å²) in [7, 11) is 6.74. The highest BCUT2D eigenvalue weighted by Gasteiger charge is 2.75. The number of carbonyl (C=O) groups is 4. The lowest BCUT2D eigenvalue weighted by Gasteiger charge is -2.56. The first-order chi connectivity index (χ1) is 36.9. The van der Waals surface area contributed by atoms with Crippen LogP contribution in [0.15, 0.2) is 108 Å². The van der Waals surface area contributed by atoms with Crippen LogP contribution in [0.25, 0.3) is 0 Å². The van der Waals surface area contributed by atoms with E-state index in [1.165, 1.54) is 61.3 Å². The molecule has 14 N–H and O–H groups in total. The van der Waals surface area contributed by atoms with Crippen molar-refractivity contribution in [3.8, 4) is 23.0 Å². The summed E-state index contributed by atoms with van der Waals surface area (Å²) in [6.45, 7) is 5.97. The number of anilines is 2. The predicted octanol–water partition coefficient (Wildman–Crippen LogP) is -3.46. The molecular formula is C60H76N4O18. The molecule has 0 aromatic heterocycles. The molecule has 10 aliphatic heterocycles. The van der Waals surface area contributed by atoms with Gasteiger partial charge in [0, 0.05) is 49.7 Å². The van der Waals surface area contributed by atoms with Crippen molar-refractivity contribution in [2.45, 2.75) is 85.7 Å². The summed E-state index contributed by atoms with van der Waals surface area (Å²) in [4.78, 5) is 54.8. The third kappa shape index (κ3) is 9.02. The van der Waals surface area contributed by atoms with Gasteiger partial charge in [0.2, 0.25) is 11.8 Å². The van der Waals surface area contributed by atoms with Crippen LogP contribution in [0.5, 0.6) is 23.0 Å². The van der Waals surface area contributed by atoms with E-state index in [2.05, 4.69) is 46.2 Å². The SMILES string of the molecule is COc1cc2c(cc1OC)[C@@]13CC[NH+]4CC5=CCO[C@H]6CC(=O)N2[C@H]1[C@H]6[C@H]5C[C@H]43.COc1cc2c(cc1OC)[C@@]13CC[NH+]4CC5=CCO[C@H]6CC(=O)N2[C@H]1[C@H]6[C@H]5C[C@H]43.O.O.O.O.O.O.O=C([O-])c1ccccc1.O=C([O-])c1ccccc1. The molecule has 4 aromatic carbocycles. The Morgan fingerprint density at radius 3 is 1.23 bits per heavy atom. The van der Waals surface area contributed by atoms with Gasteiger partial charge >= 0.3 is 0 Å². The van der Waals surface area contributed by atoms with Crippen molar-refractivity contribution in [1.29, 1.82) is 0 Å². The zero-order chi connectivity index (χ0) is 52.4. The predicted molar refractivity (Wildman–Crippen MR) is 295 cm³/mol. The third-order valence-electron chi connectivity index (χ3n) is 20.0. The first kappa shape index (κ1) is 62.6. The second-order valence-electron chi connectivity index (χ2n) is 22.6. The van der Waals surface area contributed by atoms with Crippen LogP contribution in [0.1, 0.15) is 70.4 Å². The molecule has 4 bridgehead atoms. The maximum absolute atomic E-state index is 13.5. The van der Waals surface area contributed by atoms with Gasteiger partial charge in [-0.05, 0) is 57.4 Å². The number of fused-ring (bicyclic) bond motifs is 4. The van der Waals surface area contributed by atoms with E-state index in [0.717, 1.165) is 48.8 Å². The second kappa shape index (κ2) is 23.7. The van der Waals surface area contributed by atoms with Gasteiger partial charge in [0.15, 0.2) is 23.0 Å². The molecule has 2 saturated carbocycles. The van der Waals surface area contributed by atoms with E-state index in [1.807, 2.05) is 0 Å². The number of nitrogens with zero attached hydrogens (tertiary/aromatic N) is 2. The number of hydrogen-bond donors (Lipinski definition) is 2. The van der Waals surface area contributed by atoms with Crippen molar-refractivity contribution < 1.29 is 100 Å². The zero-order valence-electron chi connectivity index (χ0n) is 46.3. The molecule has 0 radical (unpaired) electrons. The fraction of sp³-hybridized carbons (Fsp3) is 0.467. The highest BCUT2D eigenvalue weighted by molar-refractivity contribution is 6.01. The first-order valence-electron chi connectivity index (χ1n) is 27.0. The molecule has 2 unspecified atom stereocenters. The lowest BCUT2D eigenvalue weighted by molar-refractivity contribution is -0.916. The van der Waals surface area contributed by atoms with Crippen molar-refractivity contribution in [2.24, 2.45) is 23.7 Å². The summed E-state index contributed by atoms with van der Waals surface area (Å²) in [6.07, 6.45) is 10.4. The minimum atomic E-state index is -1.13. The number of methoxy groups -OCH3 is 4. The van der Waals surface area contributed by atoms with Crippen LogP contribution in [0, 0.1) is 23.7 Å². The summed E-state index contributed by atoms with van der Waals surface area (Å²) >= 11 is 0. The smallest absolute Gasteiger partial charge is 0.229 e. The number of ether oxygens (including phenoxy) is 6. The number of nitrogens with one attached hydrogen (secondary N) is 2. The molecule has 82 heavy (non-hydrogen) atoms. The van der Waals surface area contributed by atoms with Gasteiger partial charge in [-0.25, -0.2) is 0 Å². The van der Waals surface area contributed by atoms with Gasteiger partial charge in [0.25, 0.3) is 0 Å². The molecule has 22 nitrogen and oxygen atoms in total. The van der Waals surface area contributed by atoms with E-state index < -0.39 is 11.9 Å². The van der Waals surface area contributed by atoms with Gasteiger partial charge in [-0.15, -0.1) is 0 Å². The minimum absolute atomic E-state index is 0. The molecule has 10 heterocycles. The van der Waals surface area contributed by atoms with E-state index in [9.17, 15) is 29.4 Å². The molecule has 22 heteroatoms. The van der Waals surface area contributed by atoms with Crippen molar-refractivity contribution in [3.05, 3.63) is 130 Å². The van der Waals surface area contributed by atoms with Crippen molar-refractivity contribution in [3.63, 3.8) is 0 Å². The molecule has 16 rings (SSSR count). The Morgan fingerprint density at radius 1 is 0.549 bits per heavy atom. The van der Waals surface area contributed by atoms with Gasteiger partial charge in [-0.2, -0.15) is 0 Å². The lowest BCUT2D eigenvalue weighted by Crippen LogP contribution is -3.16. The Hall–Kier alpha value is -6.96. The van der Waals surface area contributed by atoms with Crippen LogP contribution in [0.3, 0.4) is 0 Å². The average molecular weight is 1140 g/mol. The monoisotopic (exact) mass is 1140 g/mol. The molecule has 444 valence electrons. The number of benzene rings is 4. The summed E-state index contributed by atoms with van der Waals surface area (Å²) in [6, 6.07) is 26.1. The van der Waals surface area contributed by atoms with E-state index >= 15 is 0 Å². The Labute approximate surface area is 474 Å². The standard InChI is InChI=1S/2C23H26N2O4.2C7H6O2.6H2O/c2*1-27-16-8-14-15(9-17(16)28-2)25-20(26)10-18-21-13-7-19-23(14,22(21)25)4-5-24(19)11-12(13)3-6-29-18;2*8-7(9)6-4-2-1-3-5-6;;;;;;/h2*3,8-9,13,18-19,21-22H,4-7,10-11H2,1-2H3;2*1-5H,(H,8,9);6*1H2/t2*13-,18-,19-,21-,22-,23+;;;;;;;;/m00......../s1. The van der Waals surface area contributed by atoms with Gasteiger partial charge in [0.05, 0.1) is 139 Å². The number of piperidine rings is 4. The Balaban J connectivity index is 0.000000172. The Kier molecular flexibility index (Phi) is 18.1. The number of rotatable bonds is 6. The summed E-state index contributed by atoms with van der Waals surface area (Å²) < 4.78 is 35.2. The number of hydrogen-bond acceptors (Lipinski definition) is 12. The van der Waals surface area contributed by atoms with Crippen LogP contribution in [0.4, 0.5) is 11.4 Å². The van der Waals surface area contributed by atoms with E-state index in [1.54, 1.807) is 85.8 Å². The Morgan fingerprint density at radius 2 is 0.902 bits per heavy atom.